The minimum absolute atomic E-state index is 0.108. The highest BCUT2D eigenvalue weighted by atomic mass is 16.6. The SMILES string of the molecule is C/C(=N\O)c1ccc(N2C(=O)c3cccc4cc([N+](=O)[O-])cc(c34)C2=O)cc1. The molecule has 0 spiro atoms. The summed E-state index contributed by atoms with van der Waals surface area (Å²) in [7, 11) is 0. The van der Waals surface area contributed by atoms with Crippen LogP contribution in [-0.2, 0) is 0 Å². The zero-order chi connectivity index (χ0) is 20.0. The van der Waals surface area contributed by atoms with Gasteiger partial charge in [0, 0.05) is 23.1 Å². The number of nitrogens with zero attached hydrogens (tertiary/aromatic N) is 3. The number of nitro groups is 1. The van der Waals surface area contributed by atoms with Crippen LogP contribution in [0.3, 0.4) is 0 Å². The number of carbonyl (C=O) groups is 2. The summed E-state index contributed by atoms with van der Waals surface area (Å²) in [5.41, 5.74) is 1.52. The zero-order valence-corrected chi connectivity index (χ0v) is 14.6. The maximum absolute atomic E-state index is 13.1. The van der Waals surface area contributed by atoms with Crippen molar-refractivity contribution in [2.45, 2.75) is 6.92 Å². The van der Waals surface area contributed by atoms with Crippen LogP contribution in [0.1, 0.15) is 33.2 Å². The van der Waals surface area contributed by atoms with Gasteiger partial charge in [0.1, 0.15) is 0 Å². The van der Waals surface area contributed by atoms with Crippen LogP contribution >= 0.6 is 0 Å². The van der Waals surface area contributed by atoms with Crippen molar-refractivity contribution in [3.05, 3.63) is 81.4 Å². The third kappa shape index (κ3) is 2.50. The fourth-order valence-electron chi connectivity index (χ4n) is 3.34. The predicted molar refractivity (Wildman–Crippen MR) is 102 cm³/mol. The smallest absolute Gasteiger partial charge is 0.270 e. The van der Waals surface area contributed by atoms with Gasteiger partial charge in [-0.3, -0.25) is 19.7 Å². The number of benzene rings is 3. The average Bonchev–Trinajstić information content (AvgIpc) is 2.71. The van der Waals surface area contributed by atoms with Crippen LogP contribution in [0.5, 0.6) is 0 Å². The molecule has 8 nitrogen and oxygen atoms in total. The molecule has 8 heteroatoms. The van der Waals surface area contributed by atoms with E-state index in [4.69, 9.17) is 5.21 Å². The Morgan fingerprint density at radius 2 is 1.71 bits per heavy atom. The van der Waals surface area contributed by atoms with E-state index in [1.807, 2.05) is 0 Å². The molecule has 0 aliphatic carbocycles. The Balaban J connectivity index is 1.89. The number of non-ortho nitro benzene ring substituents is 1. The molecule has 1 heterocycles. The first-order valence-corrected chi connectivity index (χ1v) is 8.31. The Labute approximate surface area is 158 Å². The first kappa shape index (κ1) is 17.3. The van der Waals surface area contributed by atoms with Crippen molar-refractivity contribution < 1.29 is 19.7 Å². The summed E-state index contributed by atoms with van der Waals surface area (Å²) in [6.07, 6.45) is 0. The molecule has 3 aromatic carbocycles. The largest absolute Gasteiger partial charge is 0.411 e. The number of oxime groups is 1. The van der Waals surface area contributed by atoms with E-state index in [2.05, 4.69) is 5.16 Å². The van der Waals surface area contributed by atoms with Crippen LogP contribution in [0.15, 0.2) is 59.8 Å². The molecule has 2 amide bonds. The third-order valence-electron chi connectivity index (χ3n) is 4.73. The maximum atomic E-state index is 13.1. The Hall–Kier alpha value is -4.07. The number of carbonyl (C=O) groups excluding carboxylic acids is 2. The molecule has 28 heavy (non-hydrogen) atoms. The molecular formula is C20H13N3O5. The highest BCUT2D eigenvalue weighted by Gasteiger charge is 2.35. The van der Waals surface area contributed by atoms with Gasteiger partial charge in [-0.2, -0.15) is 0 Å². The van der Waals surface area contributed by atoms with E-state index in [1.54, 1.807) is 49.4 Å². The lowest BCUT2D eigenvalue weighted by Gasteiger charge is -2.27. The number of imide groups is 1. The van der Waals surface area contributed by atoms with Crippen molar-refractivity contribution in [1.82, 2.24) is 0 Å². The Morgan fingerprint density at radius 3 is 2.36 bits per heavy atom. The molecule has 0 saturated heterocycles. The van der Waals surface area contributed by atoms with Gasteiger partial charge in [0.25, 0.3) is 17.5 Å². The van der Waals surface area contributed by atoms with Crippen molar-refractivity contribution in [1.29, 1.82) is 0 Å². The normalized spacial score (nSPS) is 13.9. The van der Waals surface area contributed by atoms with Crippen LogP contribution in [0.4, 0.5) is 11.4 Å². The van der Waals surface area contributed by atoms with Gasteiger partial charge in [-0.15, -0.1) is 0 Å². The summed E-state index contributed by atoms with van der Waals surface area (Å²) in [6, 6.07) is 13.8. The first-order valence-electron chi connectivity index (χ1n) is 8.31. The molecule has 138 valence electrons. The Bertz CT molecular complexity index is 1200. The molecule has 4 rings (SSSR count). The molecule has 1 aliphatic rings. The second-order valence-corrected chi connectivity index (χ2v) is 6.33. The second-order valence-electron chi connectivity index (χ2n) is 6.33. The van der Waals surface area contributed by atoms with Gasteiger partial charge >= 0.3 is 0 Å². The van der Waals surface area contributed by atoms with Gasteiger partial charge in [0.2, 0.25) is 0 Å². The molecular weight excluding hydrogens is 362 g/mol. The van der Waals surface area contributed by atoms with Crippen molar-refractivity contribution >= 4 is 39.7 Å². The highest BCUT2D eigenvalue weighted by Crippen LogP contribution is 2.35. The lowest BCUT2D eigenvalue weighted by molar-refractivity contribution is -0.384. The summed E-state index contributed by atoms with van der Waals surface area (Å²) < 4.78 is 0. The summed E-state index contributed by atoms with van der Waals surface area (Å²) in [4.78, 5) is 37.8. The van der Waals surface area contributed by atoms with E-state index < -0.39 is 16.7 Å². The molecule has 0 atom stereocenters. The first-order chi connectivity index (χ1) is 13.4. The van der Waals surface area contributed by atoms with Gasteiger partial charge in [-0.25, -0.2) is 4.90 Å². The van der Waals surface area contributed by atoms with E-state index >= 15 is 0 Å². The molecule has 0 aromatic heterocycles. The molecule has 0 fully saturated rings. The molecule has 0 unspecified atom stereocenters. The molecule has 1 aliphatic heterocycles. The van der Waals surface area contributed by atoms with Crippen molar-refractivity contribution in [3.63, 3.8) is 0 Å². The Kier molecular flexibility index (Phi) is 3.89. The van der Waals surface area contributed by atoms with Crippen LogP contribution in [0.2, 0.25) is 0 Å². The molecule has 0 radical (unpaired) electrons. The van der Waals surface area contributed by atoms with Crippen LogP contribution in [0, 0.1) is 10.1 Å². The van der Waals surface area contributed by atoms with Crippen molar-refractivity contribution in [2.75, 3.05) is 4.90 Å². The lowest BCUT2D eigenvalue weighted by Crippen LogP contribution is -2.40. The topological polar surface area (TPSA) is 113 Å². The van der Waals surface area contributed by atoms with Crippen molar-refractivity contribution in [2.24, 2.45) is 5.16 Å². The Morgan fingerprint density at radius 1 is 1.04 bits per heavy atom. The van der Waals surface area contributed by atoms with Crippen LogP contribution < -0.4 is 4.90 Å². The number of rotatable bonds is 3. The summed E-state index contributed by atoms with van der Waals surface area (Å²) in [5, 5.41) is 24.1. The van der Waals surface area contributed by atoms with Gasteiger partial charge < -0.3 is 5.21 Å². The van der Waals surface area contributed by atoms with Gasteiger partial charge in [-0.1, -0.05) is 29.4 Å². The standard InChI is InChI=1S/C20H13N3O5/c1-11(21-26)12-5-7-14(8-6-12)22-19(24)16-4-2-3-13-9-15(23(27)28)10-17(18(13)16)20(22)25/h2-10,26H,1H3/b21-11+. The number of hydrogen-bond acceptors (Lipinski definition) is 6. The third-order valence-corrected chi connectivity index (χ3v) is 4.73. The van der Waals surface area contributed by atoms with Crippen LogP contribution in [0.25, 0.3) is 10.8 Å². The molecule has 0 bridgehead atoms. The minimum Gasteiger partial charge on any atom is -0.411 e. The molecule has 1 N–H and O–H groups in total. The maximum Gasteiger partial charge on any atom is 0.270 e. The number of anilines is 1. The van der Waals surface area contributed by atoms with Gasteiger partial charge in [0.05, 0.1) is 21.9 Å². The van der Waals surface area contributed by atoms with E-state index in [0.29, 0.717) is 33.3 Å². The molecule has 0 saturated carbocycles. The average molecular weight is 375 g/mol. The molecule has 3 aromatic rings. The minimum atomic E-state index is -0.627. The predicted octanol–water partition coefficient (Wildman–Crippen LogP) is 3.75. The number of amides is 2. The fraction of sp³-hybridized carbons (Fsp3) is 0.0500. The van der Waals surface area contributed by atoms with E-state index in [1.165, 1.54) is 12.1 Å². The number of nitro benzene ring substituents is 1. The quantitative estimate of drug-likeness (QED) is 0.246. The number of hydrogen-bond donors (Lipinski definition) is 1. The summed E-state index contributed by atoms with van der Waals surface area (Å²) in [5.74, 6) is -1.13. The van der Waals surface area contributed by atoms with Crippen LogP contribution in [-0.4, -0.2) is 27.7 Å². The van der Waals surface area contributed by atoms with E-state index in [0.717, 1.165) is 4.90 Å². The summed E-state index contributed by atoms with van der Waals surface area (Å²) >= 11 is 0. The van der Waals surface area contributed by atoms with E-state index in [9.17, 15) is 19.7 Å². The fourth-order valence-corrected chi connectivity index (χ4v) is 3.34. The van der Waals surface area contributed by atoms with E-state index in [-0.39, 0.29) is 11.3 Å². The second kappa shape index (κ2) is 6.27. The van der Waals surface area contributed by atoms with Gasteiger partial charge in [0.15, 0.2) is 0 Å². The summed E-state index contributed by atoms with van der Waals surface area (Å²) in [6.45, 7) is 1.61. The monoisotopic (exact) mass is 375 g/mol. The highest BCUT2D eigenvalue weighted by molar-refractivity contribution is 6.36. The van der Waals surface area contributed by atoms with Gasteiger partial charge in [-0.05, 0) is 36.1 Å². The zero-order valence-electron chi connectivity index (χ0n) is 14.6. The van der Waals surface area contributed by atoms with Crippen molar-refractivity contribution in [3.8, 4) is 0 Å². The lowest BCUT2D eigenvalue weighted by atomic mass is 9.93.